The minimum absolute atomic E-state index is 0.255. The normalized spacial score (nSPS) is 14.0. The Hall–Kier alpha value is -2.92. The monoisotopic (exact) mass is 420 g/mol. The average Bonchev–Trinajstić information content (AvgIpc) is 2.94. The van der Waals surface area contributed by atoms with Crippen LogP contribution in [0.3, 0.4) is 0 Å². The van der Waals surface area contributed by atoms with E-state index in [-0.39, 0.29) is 11.8 Å². The molecule has 1 N–H and O–H groups in total. The number of carbonyl (C=O) groups is 2. The molecule has 0 fully saturated rings. The van der Waals surface area contributed by atoms with Crippen molar-refractivity contribution in [3.8, 4) is 0 Å². The molecule has 2 aromatic rings. The van der Waals surface area contributed by atoms with Gasteiger partial charge in [0, 0.05) is 25.4 Å². The maximum atomic E-state index is 13.3. The fraction of sp³-hybridized carbons (Fsp3) is 0.385. The van der Waals surface area contributed by atoms with Crippen molar-refractivity contribution in [2.75, 3.05) is 25.1 Å². The van der Waals surface area contributed by atoms with Crippen molar-refractivity contribution in [1.29, 1.82) is 0 Å². The molecule has 2 aromatic carbocycles. The van der Waals surface area contributed by atoms with Crippen molar-refractivity contribution in [1.82, 2.24) is 4.90 Å². The third-order valence-electron chi connectivity index (χ3n) is 5.31. The predicted molar refractivity (Wildman–Crippen MR) is 125 cm³/mol. The van der Waals surface area contributed by atoms with Crippen LogP contribution >= 0.6 is 0 Å². The number of carbonyl (C=O) groups excluding carboxylic acids is 2. The summed E-state index contributed by atoms with van der Waals surface area (Å²) in [7, 11) is 0. The molecule has 0 unspecified atom stereocenters. The van der Waals surface area contributed by atoms with E-state index in [0.717, 1.165) is 40.8 Å². The number of aryl methyl sites for hydroxylation is 3. The Morgan fingerprint density at radius 3 is 2.13 bits per heavy atom. The van der Waals surface area contributed by atoms with Crippen LogP contribution in [-0.4, -0.2) is 36.5 Å². The second-order valence-corrected chi connectivity index (χ2v) is 8.20. The summed E-state index contributed by atoms with van der Waals surface area (Å²) in [5, 5.41) is 3.25. The summed E-state index contributed by atoms with van der Waals surface area (Å²) in [5.41, 5.74) is 5.61. The zero-order chi connectivity index (χ0) is 22.4. The van der Waals surface area contributed by atoms with Gasteiger partial charge in [0.25, 0.3) is 11.8 Å². The Morgan fingerprint density at radius 1 is 0.839 bits per heavy atom. The second-order valence-electron chi connectivity index (χ2n) is 8.20. The van der Waals surface area contributed by atoms with E-state index in [9.17, 15) is 9.59 Å². The van der Waals surface area contributed by atoms with Crippen molar-refractivity contribution in [2.45, 2.75) is 47.0 Å². The number of benzene rings is 2. The minimum atomic E-state index is -0.284. The van der Waals surface area contributed by atoms with Crippen LogP contribution in [0.4, 0.5) is 5.69 Å². The number of rotatable bonds is 10. The number of nitrogens with zero attached hydrogens (tertiary/aromatic N) is 1. The number of ether oxygens (including phenoxy) is 1. The zero-order valence-corrected chi connectivity index (χ0v) is 19.0. The average molecular weight is 421 g/mol. The van der Waals surface area contributed by atoms with Gasteiger partial charge in [-0.2, -0.15) is 0 Å². The predicted octanol–water partition coefficient (Wildman–Crippen LogP) is 5.01. The van der Waals surface area contributed by atoms with E-state index < -0.39 is 0 Å². The second kappa shape index (κ2) is 10.4. The SMILES string of the molecule is CCCCOCCCN1C(=O)C(Nc2cc(C)cc(C)c2)=C(c2ccc(C)cc2)C1=O. The maximum absolute atomic E-state index is 13.3. The number of unbranched alkanes of at least 4 members (excludes halogenated alkanes) is 1. The molecule has 0 aliphatic carbocycles. The first-order valence-electron chi connectivity index (χ1n) is 11.0. The molecule has 0 radical (unpaired) electrons. The largest absolute Gasteiger partial charge is 0.381 e. The number of amides is 2. The van der Waals surface area contributed by atoms with Crippen LogP contribution in [0.1, 0.15) is 48.4 Å². The molecule has 5 nitrogen and oxygen atoms in total. The van der Waals surface area contributed by atoms with Gasteiger partial charge in [-0.15, -0.1) is 0 Å². The lowest BCUT2D eigenvalue weighted by atomic mass is 10.0. The number of hydrogen-bond donors (Lipinski definition) is 1. The topological polar surface area (TPSA) is 58.6 Å². The van der Waals surface area contributed by atoms with Crippen LogP contribution in [0.15, 0.2) is 48.2 Å². The van der Waals surface area contributed by atoms with E-state index in [1.807, 2.05) is 57.2 Å². The Bertz CT molecular complexity index is 956. The summed E-state index contributed by atoms with van der Waals surface area (Å²) < 4.78 is 5.60. The van der Waals surface area contributed by atoms with Crippen LogP contribution in [0.25, 0.3) is 5.57 Å². The van der Waals surface area contributed by atoms with E-state index in [1.165, 1.54) is 4.90 Å². The molecule has 5 heteroatoms. The fourth-order valence-corrected chi connectivity index (χ4v) is 3.75. The summed E-state index contributed by atoms with van der Waals surface area (Å²) in [6.45, 7) is 9.74. The van der Waals surface area contributed by atoms with Crippen molar-refractivity contribution in [2.24, 2.45) is 0 Å². The zero-order valence-electron chi connectivity index (χ0n) is 19.0. The first-order chi connectivity index (χ1) is 14.9. The highest BCUT2D eigenvalue weighted by molar-refractivity contribution is 6.36. The van der Waals surface area contributed by atoms with Gasteiger partial charge in [-0.25, -0.2) is 0 Å². The van der Waals surface area contributed by atoms with Gasteiger partial charge in [-0.05, 0) is 62.4 Å². The molecule has 0 aromatic heterocycles. The lowest BCUT2D eigenvalue weighted by molar-refractivity contribution is -0.137. The van der Waals surface area contributed by atoms with Crippen LogP contribution in [0, 0.1) is 20.8 Å². The molecule has 1 aliphatic heterocycles. The van der Waals surface area contributed by atoms with Crippen LogP contribution < -0.4 is 5.32 Å². The molecular formula is C26H32N2O3. The maximum Gasteiger partial charge on any atom is 0.278 e. The van der Waals surface area contributed by atoms with Gasteiger partial charge in [0.15, 0.2) is 0 Å². The van der Waals surface area contributed by atoms with Crippen LogP contribution in [0.2, 0.25) is 0 Å². The van der Waals surface area contributed by atoms with Crippen molar-refractivity contribution >= 4 is 23.1 Å². The lowest BCUT2D eigenvalue weighted by Gasteiger charge is -2.15. The number of anilines is 1. The van der Waals surface area contributed by atoms with Gasteiger partial charge in [-0.1, -0.05) is 49.2 Å². The molecule has 1 heterocycles. The third-order valence-corrected chi connectivity index (χ3v) is 5.31. The molecule has 2 amide bonds. The highest BCUT2D eigenvalue weighted by Gasteiger charge is 2.38. The summed E-state index contributed by atoms with van der Waals surface area (Å²) in [5.74, 6) is -0.539. The smallest absolute Gasteiger partial charge is 0.278 e. The van der Waals surface area contributed by atoms with Gasteiger partial charge in [0.1, 0.15) is 5.70 Å². The van der Waals surface area contributed by atoms with Gasteiger partial charge in [0.05, 0.1) is 5.57 Å². The van der Waals surface area contributed by atoms with Crippen molar-refractivity contribution in [3.63, 3.8) is 0 Å². The first-order valence-corrected chi connectivity index (χ1v) is 11.0. The van der Waals surface area contributed by atoms with Crippen LogP contribution in [0.5, 0.6) is 0 Å². The first kappa shape index (κ1) is 22.8. The Balaban J connectivity index is 1.85. The van der Waals surface area contributed by atoms with Crippen LogP contribution in [-0.2, 0) is 14.3 Å². The van der Waals surface area contributed by atoms with Gasteiger partial charge in [-0.3, -0.25) is 14.5 Å². The Labute approximate surface area is 185 Å². The van der Waals surface area contributed by atoms with E-state index in [0.29, 0.717) is 37.4 Å². The van der Waals surface area contributed by atoms with Gasteiger partial charge >= 0.3 is 0 Å². The Kier molecular flexibility index (Phi) is 7.64. The van der Waals surface area contributed by atoms with Crippen molar-refractivity contribution in [3.05, 3.63) is 70.4 Å². The van der Waals surface area contributed by atoms with Gasteiger partial charge in [0.2, 0.25) is 0 Å². The molecule has 0 spiro atoms. The highest BCUT2D eigenvalue weighted by atomic mass is 16.5. The lowest BCUT2D eigenvalue weighted by Crippen LogP contribution is -2.34. The summed E-state index contributed by atoms with van der Waals surface area (Å²) >= 11 is 0. The fourth-order valence-electron chi connectivity index (χ4n) is 3.75. The number of imide groups is 1. The quantitative estimate of drug-likeness (QED) is 0.434. The molecular weight excluding hydrogens is 388 g/mol. The summed E-state index contributed by atoms with van der Waals surface area (Å²) in [6, 6.07) is 13.8. The van der Waals surface area contributed by atoms with E-state index in [4.69, 9.17) is 4.74 Å². The number of nitrogens with one attached hydrogen (secondary N) is 1. The molecule has 1 aliphatic rings. The van der Waals surface area contributed by atoms with E-state index in [1.54, 1.807) is 0 Å². The summed E-state index contributed by atoms with van der Waals surface area (Å²) in [6.07, 6.45) is 2.73. The molecule has 3 rings (SSSR count). The number of hydrogen-bond acceptors (Lipinski definition) is 4. The van der Waals surface area contributed by atoms with Gasteiger partial charge < -0.3 is 10.1 Å². The molecule has 164 valence electrons. The Morgan fingerprint density at radius 2 is 1.48 bits per heavy atom. The van der Waals surface area contributed by atoms with Crippen molar-refractivity contribution < 1.29 is 14.3 Å². The highest BCUT2D eigenvalue weighted by Crippen LogP contribution is 2.31. The third kappa shape index (κ3) is 5.61. The minimum Gasteiger partial charge on any atom is -0.381 e. The molecule has 0 saturated heterocycles. The molecule has 0 atom stereocenters. The van der Waals surface area contributed by atoms with E-state index in [2.05, 4.69) is 18.3 Å². The molecule has 31 heavy (non-hydrogen) atoms. The standard InChI is InChI=1S/C26H32N2O3/c1-5-6-13-31-14-7-12-28-25(29)23(21-10-8-18(2)9-11-21)24(26(28)30)27-22-16-19(3)15-20(4)17-22/h8-11,15-17,27H,5-7,12-14H2,1-4H3. The molecule has 0 bridgehead atoms. The molecule has 0 saturated carbocycles. The van der Waals surface area contributed by atoms with E-state index >= 15 is 0 Å². The summed E-state index contributed by atoms with van der Waals surface area (Å²) in [4.78, 5) is 27.9.